The maximum Gasteiger partial charge on any atom is 1.00 e. The summed E-state index contributed by atoms with van der Waals surface area (Å²) in [6.07, 6.45) is -18.1. The van der Waals surface area contributed by atoms with Crippen LogP contribution in [0.25, 0.3) is 0 Å². The van der Waals surface area contributed by atoms with Gasteiger partial charge in [-0.2, -0.15) is 0 Å². The molecule has 7 N–H and O–H groups in total. The van der Waals surface area contributed by atoms with E-state index in [0.717, 1.165) is 0 Å². The topological polar surface area (TPSA) is 236 Å². The van der Waals surface area contributed by atoms with E-state index in [1.54, 1.807) is 0 Å². The molecule has 0 aromatic rings. The van der Waals surface area contributed by atoms with Crippen LogP contribution >= 0.6 is 0 Å². The van der Waals surface area contributed by atoms with Crippen LogP contribution in [0.15, 0.2) is 0 Å². The van der Waals surface area contributed by atoms with Gasteiger partial charge in [-0.15, -0.1) is 0 Å². The molecule has 0 saturated carbocycles. The predicted molar refractivity (Wildman–Crippen MR) is 77.2 cm³/mol. The van der Waals surface area contributed by atoms with Crippen LogP contribution in [0.5, 0.6) is 0 Å². The van der Waals surface area contributed by atoms with E-state index in [4.69, 9.17) is 14.2 Å². The molecule has 0 radical (unpaired) electrons. The van der Waals surface area contributed by atoms with E-state index in [1.807, 2.05) is 0 Å². The zero-order chi connectivity index (χ0) is 20.5. The molecule has 0 aromatic carbocycles. The smallest absolute Gasteiger partial charge is 0.726 e. The Balaban J connectivity index is 0.00000392. The van der Waals surface area contributed by atoms with Crippen LogP contribution in [0.1, 0.15) is 0 Å². The van der Waals surface area contributed by atoms with Gasteiger partial charge in [0.1, 0.15) is 42.7 Å². The molecule has 0 amide bonds. The van der Waals surface area contributed by atoms with Crippen LogP contribution in [0.2, 0.25) is 0 Å². The van der Waals surface area contributed by atoms with Crippen molar-refractivity contribution in [2.45, 2.75) is 61.4 Å². The fraction of sp³-hybridized carbons (Fsp3) is 1.00. The molecule has 10 atom stereocenters. The van der Waals surface area contributed by atoms with Gasteiger partial charge in [0, 0.05) is 0 Å². The summed E-state index contributed by atoms with van der Waals surface area (Å²) in [5, 5.41) is 67.5. The summed E-state index contributed by atoms with van der Waals surface area (Å²) < 4.78 is 52.0. The second-order valence-corrected chi connectivity index (χ2v) is 7.01. The molecule has 2 fully saturated rings. The minimum absolute atomic E-state index is 0. The van der Waals surface area contributed by atoms with Gasteiger partial charge >= 0.3 is 29.6 Å². The summed E-state index contributed by atoms with van der Waals surface area (Å²) in [6.45, 7) is -1.67. The van der Waals surface area contributed by atoms with Crippen molar-refractivity contribution in [1.82, 2.24) is 0 Å². The third kappa shape index (κ3) is 6.01. The van der Waals surface area contributed by atoms with Crippen molar-refractivity contribution >= 4 is 10.4 Å². The standard InChI is InChI=1S/C12H22O14S.Na/c13-1-3-5(15)6(16)10(26-27(20,21)22)12(24-3)25-9-4(2-14)23-11(19)8(18)7(9)17;/h3-19H,1-2H2,(H,20,21,22);/q;+1/p-1/t3-,4-,5+,6+,7-,8-,9-,10-,11-,12+;/m1./s1. The van der Waals surface area contributed by atoms with Crippen molar-refractivity contribution in [3.8, 4) is 0 Å². The Morgan fingerprint density at radius 1 is 0.821 bits per heavy atom. The number of rotatable bonds is 6. The van der Waals surface area contributed by atoms with E-state index in [9.17, 15) is 48.7 Å². The van der Waals surface area contributed by atoms with Crippen molar-refractivity contribution < 1.29 is 96.7 Å². The van der Waals surface area contributed by atoms with Gasteiger partial charge in [0.15, 0.2) is 18.7 Å². The average molecular weight is 444 g/mol. The Bertz CT molecular complexity index is 589. The molecule has 16 heteroatoms. The van der Waals surface area contributed by atoms with E-state index in [2.05, 4.69) is 4.18 Å². The molecule has 0 aliphatic carbocycles. The Labute approximate surface area is 181 Å². The molecule has 2 aliphatic heterocycles. The van der Waals surface area contributed by atoms with Crippen LogP contribution in [0.3, 0.4) is 0 Å². The Morgan fingerprint density at radius 3 is 1.86 bits per heavy atom. The van der Waals surface area contributed by atoms with Gasteiger partial charge in [0.05, 0.1) is 13.2 Å². The Morgan fingerprint density at radius 2 is 1.36 bits per heavy atom. The monoisotopic (exact) mass is 444 g/mol. The second-order valence-electron chi connectivity index (χ2n) is 6.01. The van der Waals surface area contributed by atoms with E-state index >= 15 is 0 Å². The molecule has 0 spiro atoms. The zero-order valence-corrected chi connectivity index (χ0v) is 17.4. The van der Waals surface area contributed by atoms with E-state index in [-0.39, 0.29) is 29.6 Å². The predicted octanol–water partition coefficient (Wildman–Crippen LogP) is -8.91. The van der Waals surface area contributed by atoms with E-state index in [0.29, 0.717) is 0 Å². The molecule has 28 heavy (non-hydrogen) atoms. The van der Waals surface area contributed by atoms with Gasteiger partial charge in [-0.05, 0) is 0 Å². The molecule has 2 aliphatic rings. The normalized spacial score (nSPS) is 44.7. The third-order valence-corrected chi connectivity index (χ3v) is 4.64. The number of aliphatic hydroxyl groups excluding tert-OH is 7. The van der Waals surface area contributed by atoms with Crippen LogP contribution in [-0.4, -0.2) is 123 Å². The molecular weight excluding hydrogens is 423 g/mol. The van der Waals surface area contributed by atoms with Gasteiger partial charge < -0.3 is 54.5 Å². The first-order valence-corrected chi connectivity index (χ1v) is 9.06. The van der Waals surface area contributed by atoms with E-state index < -0.39 is 85.0 Å². The molecule has 160 valence electrons. The van der Waals surface area contributed by atoms with Crippen molar-refractivity contribution in [2.24, 2.45) is 0 Å². The van der Waals surface area contributed by atoms with Crippen LogP contribution in [0, 0.1) is 0 Å². The summed E-state index contributed by atoms with van der Waals surface area (Å²) in [4.78, 5) is 0. The SMILES string of the molecule is O=S(=O)([O-])O[C@H]1[C@H](O[C@H]2[C@H](O)[C@@H](O)[C@H](O)O[C@@H]2CO)O[C@H](CO)[C@H](O)[C@@H]1O.[Na+]. The zero-order valence-electron chi connectivity index (χ0n) is 14.6. The molecule has 2 rings (SSSR count). The quantitative estimate of drug-likeness (QED) is 0.114. The summed E-state index contributed by atoms with van der Waals surface area (Å²) >= 11 is 0. The van der Waals surface area contributed by atoms with Crippen molar-refractivity contribution in [3.63, 3.8) is 0 Å². The maximum atomic E-state index is 10.9. The van der Waals surface area contributed by atoms with Crippen molar-refractivity contribution in [2.75, 3.05) is 13.2 Å². The first-order valence-electron chi connectivity index (χ1n) is 7.72. The van der Waals surface area contributed by atoms with Crippen LogP contribution < -0.4 is 29.6 Å². The van der Waals surface area contributed by atoms with Gasteiger partial charge in [-0.1, -0.05) is 0 Å². The van der Waals surface area contributed by atoms with Crippen molar-refractivity contribution in [1.29, 1.82) is 0 Å². The fourth-order valence-electron chi connectivity index (χ4n) is 2.79. The van der Waals surface area contributed by atoms with Crippen molar-refractivity contribution in [3.05, 3.63) is 0 Å². The van der Waals surface area contributed by atoms with Crippen LogP contribution in [-0.2, 0) is 28.8 Å². The van der Waals surface area contributed by atoms with E-state index in [1.165, 1.54) is 0 Å². The minimum Gasteiger partial charge on any atom is -0.726 e. The number of hydrogen-bond acceptors (Lipinski definition) is 14. The molecule has 0 bridgehead atoms. The summed E-state index contributed by atoms with van der Waals surface area (Å²) in [5.74, 6) is 0. The molecule has 14 nitrogen and oxygen atoms in total. The third-order valence-electron chi connectivity index (χ3n) is 4.18. The van der Waals surface area contributed by atoms with Gasteiger partial charge in [-0.25, -0.2) is 8.42 Å². The largest absolute Gasteiger partial charge is 1.00 e. The number of hydrogen-bond donors (Lipinski definition) is 7. The van der Waals surface area contributed by atoms with Gasteiger partial charge in [0.2, 0.25) is 10.4 Å². The minimum atomic E-state index is -5.41. The number of aliphatic hydroxyl groups is 7. The molecule has 0 aromatic heterocycles. The maximum absolute atomic E-state index is 10.9. The summed E-state index contributed by atoms with van der Waals surface area (Å²) in [5.41, 5.74) is 0. The second kappa shape index (κ2) is 10.7. The average Bonchev–Trinajstić information content (AvgIpc) is 2.60. The van der Waals surface area contributed by atoms with Gasteiger partial charge in [0.25, 0.3) is 0 Å². The molecular formula is C12H21NaO14S. The summed E-state index contributed by atoms with van der Waals surface area (Å²) in [6, 6.07) is 0. The van der Waals surface area contributed by atoms with Gasteiger partial charge in [-0.3, -0.25) is 4.18 Å². The Hall–Kier alpha value is 0.470. The number of ether oxygens (including phenoxy) is 3. The summed E-state index contributed by atoms with van der Waals surface area (Å²) in [7, 11) is -5.41. The molecule has 2 saturated heterocycles. The molecule has 0 unspecified atom stereocenters. The first kappa shape index (κ1) is 26.5. The fourth-order valence-corrected chi connectivity index (χ4v) is 3.27. The molecule has 2 heterocycles. The Kier molecular flexibility index (Phi) is 10.1. The van der Waals surface area contributed by atoms with Crippen LogP contribution in [0.4, 0.5) is 0 Å². The first-order chi connectivity index (χ1) is 12.5.